The monoisotopic (exact) mass is 368 g/mol. The first-order valence-electron chi connectivity index (χ1n) is 8.04. The number of hydrogen-bond acceptors (Lipinski definition) is 8. The standard InChI is InChI=1S/C16H20N2O8/c1-18-9(19)5-8(10(18)7-3-2-4-17-6-7)25-16-13(22)11(20)12(21)14(26-16)15(23)24/h2-4,6,8,10-14,16,20-22H,5H2,1H3,(H,23,24). The Balaban J connectivity index is 1.81. The summed E-state index contributed by atoms with van der Waals surface area (Å²) in [6.07, 6.45) is -6.12. The van der Waals surface area contributed by atoms with E-state index in [-0.39, 0.29) is 12.3 Å². The fraction of sp³-hybridized carbons (Fsp3) is 0.562. The van der Waals surface area contributed by atoms with Crippen molar-refractivity contribution in [2.24, 2.45) is 0 Å². The van der Waals surface area contributed by atoms with Crippen molar-refractivity contribution in [1.29, 1.82) is 0 Å². The van der Waals surface area contributed by atoms with Gasteiger partial charge in [0.2, 0.25) is 5.91 Å². The van der Waals surface area contributed by atoms with Gasteiger partial charge in [0, 0.05) is 19.4 Å². The van der Waals surface area contributed by atoms with Crippen molar-refractivity contribution in [3.63, 3.8) is 0 Å². The van der Waals surface area contributed by atoms with E-state index < -0.39 is 48.8 Å². The van der Waals surface area contributed by atoms with Crippen LogP contribution < -0.4 is 0 Å². The molecule has 7 atom stereocenters. The van der Waals surface area contributed by atoms with Crippen LogP contribution in [-0.2, 0) is 19.1 Å². The van der Waals surface area contributed by atoms with Gasteiger partial charge in [-0.15, -0.1) is 0 Å². The molecule has 10 heteroatoms. The van der Waals surface area contributed by atoms with Crippen molar-refractivity contribution < 1.29 is 39.5 Å². The first kappa shape index (κ1) is 18.7. The maximum Gasteiger partial charge on any atom is 0.335 e. The Hall–Kier alpha value is -2.11. The molecule has 2 aliphatic rings. The Kier molecular flexibility index (Phi) is 5.21. The second-order valence-corrected chi connectivity index (χ2v) is 6.35. The number of aliphatic carboxylic acids is 1. The van der Waals surface area contributed by atoms with Crippen molar-refractivity contribution >= 4 is 11.9 Å². The summed E-state index contributed by atoms with van der Waals surface area (Å²) >= 11 is 0. The SMILES string of the molecule is CN1C(=O)CC(OC2OC(C(=O)O)C(O)C(O)C2O)C1c1cccnc1. The third kappa shape index (κ3) is 3.29. The number of likely N-dealkylation sites (N-methyl/N-ethyl adjacent to an activating group) is 1. The molecule has 2 saturated heterocycles. The van der Waals surface area contributed by atoms with Crippen LogP contribution >= 0.6 is 0 Å². The van der Waals surface area contributed by atoms with E-state index >= 15 is 0 Å². The summed E-state index contributed by atoms with van der Waals surface area (Å²) in [6, 6.07) is 2.95. The van der Waals surface area contributed by atoms with Crippen molar-refractivity contribution in [2.45, 2.75) is 49.3 Å². The Morgan fingerprint density at radius 1 is 1.31 bits per heavy atom. The zero-order valence-corrected chi connectivity index (χ0v) is 13.9. The van der Waals surface area contributed by atoms with Gasteiger partial charge in [-0.05, 0) is 11.6 Å². The van der Waals surface area contributed by atoms with Gasteiger partial charge in [0.25, 0.3) is 0 Å². The Morgan fingerprint density at radius 2 is 2.04 bits per heavy atom. The Labute approximate surface area is 148 Å². The molecule has 2 fully saturated rings. The molecule has 0 aliphatic carbocycles. The van der Waals surface area contributed by atoms with Crippen LogP contribution in [0.3, 0.4) is 0 Å². The van der Waals surface area contributed by atoms with Crippen LogP contribution in [0.5, 0.6) is 0 Å². The van der Waals surface area contributed by atoms with E-state index in [1.54, 1.807) is 31.6 Å². The number of rotatable bonds is 4. The lowest BCUT2D eigenvalue weighted by molar-refractivity contribution is -0.305. The molecular formula is C16H20N2O8. The summed E-state index contributed by atoms with van der Waals surface area (Å²) in [7, 11) is 1.60. The molecule has 0 aromatic carbocycles. The molecule has 7 unspecified atom stereocenters. The van der Waals surface area contributed by atoms with Gasteiger partial charge in [-0.3, -0.25) is 9.78 Å². The molecule has 4 N–H and O–H groups in total. The van der Waals surface area contributed by atoms with Crippen molar-refractivity contribution in [2.75, 3.05) is 7.05 Å². The smallest absolute Gasteiger partial charge is 0.335 e. The van der Waals surface area contributed by atoms with Crippen LogP contribution in [0.2, 0.25) is 0 Å². The summed E-state index contributed by atoms with van der Waals surface area (Å²) in [6.45, 7) is 0. The number of aliphatic hydroxyl groups is 3. The molecule has 0 spiro atoms. The van der Waals surface area contributed by atoms with Gasteiger partial charge < -0.3 is 34.8 Å². The number of amides is 1. The Bertz CT molecular complexity index is 671. The fourth-order valence-electron chi connectivity index (χ4n) is 3.28. The number of aliphatic hydroxyl groups excluding tert-OH is 3. The van der Waals surface area contributed by atoms with Crippen molar-refractivity contribution in [1.82, 2.24) is 9.88 Å². The number of aromatic nitrogens is 1. The number of hydrogen-bond donors (Lipinski definition) is 4. The average molecular weight is 368 g/mol. The van der Waals surface area contributed by atoms with Gasteiger partial charge in [-0.2, -0.15) is 0 Å². The molecule has 2 aliphatic heterocycles. The molecule has 0 radical (unpaired) electrons. The molecule has 3 heterocycles. The van der Waals surface area contributed by atoms with Gasteiger partial charge in [0.15, 0.2) is 12.4 Å². The molecule has 0 saturated carbocycles. The molecule has 10 nitrogen and oxygen atoms in total. The second-order valence-electron chi connectivity index (χ2n) is 6.35. The minimum atomic E-state index is -1.80. The van der Waals surface area contributed by atoms with Crippen LogP contribution in [0.15, 0.2) is 24.5 Å². The van der Waals surface area contributed by atoms with E-state index in [1.165, 1.54) is 4.90 Å². The van der Waals surface area contributed by atoms with Crippen LogP contribution in [0.1, 0.15) is 18.0 Å². The van der Waals surface area contributed by atoms with Crippen molar-refractivity contribution in [3.05, 3.63) is 30.1 Å². The number of likely N-dealkylation sites (tertiary alicyclic amines) is 1. The third-order valence-corrected chi connectivity index (χ3v) is 4.69. The van der Waals surface area contributed by atoms with Crippen molar-refractivity contribution in [3.8, 4) is 0 Å². The van der Waals surface area contributed by atoms with E-state index in [9.17, 15) is 24.9 Å². The van der Waals surface area contributed by atoms with E-state index in [0.717, 1.165) is 0 Å². The highest BCUT2D eigenvalue weighted by atomic mass is 16.7. The second kappa shape index (κ2) is 7.25. The highest BCUT2D eigenvalue weighted by molar-refractivity contribution is 5.79. The van der Waals surface area contributed by atoms with Gasteiger partial charge in [-0.25, -0.2) is 4.79 Å². The normalized spacial score (nSPS) is 37.8. The van der Waals surface area contributed by atoms with Crippen LogP contribution in [0, 0.1) is 0 Å². The number of nitrogens with zero attached hydrogens (tertiary/aromatic N) is 2. The Morgan fingerprint density at radius 3 is 2.65 bits per heavy atom. The van der Waals surface area contributed by atoms with Gasteiger partial charge in [0.1, 0.15) is 18.3 Å². The predicted molar refractivity (Wildman–Crippen MR) is 83.6 cm³/mol. The maximum atomic E-state index is 12.1. The van der Waals surface area contributed by atoms with E-state index in [4.69, 9.17) is 14.6 Å². The summed E-state index contributed by atoms with van der Waals surface area (Å²) < 4.78 is 10.8. The lowest BCUT2D eigenvalue weighted by Crippen LogP contribution is -2.61. The van der Waals surface area contributed by atoms with Gasteiger partial charge >= 0.3 is 5.97 Å². The maximum absolute atomic E-state index is 12.1. The molecule has 1 aromatic rings. The lowest BCUT2D eigenvalue weighted by Gasteiger charge is -2.40. The quantitative estimate of drug-likeness (QED) is 0.486. The van der Waals surface area contributed by atoms with E-state index in [0.29, 0.717) is 5.56 Å². The predicted octanol–water partition coefficient (Wildman–Crippen LogP) is -1.74. The summed E-state index contributed by atoms with van der Waals surface area (Å²) in [5.74, 6) is -1.70. The number of carbonyl (C=O) groups excluding carboxylic acids is 1. The largest absolute Gasteiger partial charge is 0.479 e. The molecule has 142 valence electrons. The van der Waals surface area contributed by atoms with Gasteiger partial charge in [-0.1, -0.05) is 6.07 Å². The van der Waals surface area contributed by atoms with Crippen LogP contribution in [0.4, 0.5) is 0 Å². The molecule has 1 amide bonds. The zero-order chi connectivity index (χ0) is 19.0. The summed E-state index contributed by atoms with van der Waals surface area (Å²) in [5.41, 5.74) is 0.700. The van der Waals surface area contributed by atoms with E-state index in [1.807, 2.05) is 0 Å². The minimum Gasteiger partial charge on any atom is -0.479 e. The highest BCUT2D eigenvalue weighted by Crippen LogP contribution is 2.36. The molecule has 3 rings (SSSR count). The minimum absolute atomic E-state index is 0.0149. The first-order valence-corrected chi connectivity index (χ1v) is 8.04. The summed E-state index contributed by atoms with van der Waals surface area (Å²) in [5, 5.41) is 38.8. The number of carbonyl (C=O) groups is 2. The van der Waals surface area contributed by atoms with E-state index in [2.05, 4.69) is 4.98 Å². The molecular weight excluding hydrogens is 348 g/mol. The fourth-order valence-corrected chi connectivity index (χ4v) is 3.28. The number of carboxylic acids is 1. The number of carboxylic acid groups (broad SMARTS) is 1. The first-order chi connectivity index (χ1) is 12.3. The average Bonchev–Trinajstić information content (AvgIpc) is 2.89. The molecule has 0 bridgehead atoms. The molecule has 26 heavy (non-hydrogen) atoms. The lowest BCUT2D eigenvalue weighted by atomic mass is 9.98. The van der Waals surface area contributed by atoms with Crippen LogP contribution in [-0.4, -0.2) is 86.0 Å². The summed E-state index contributed by atoms with van der Waals surface area (Å²) in [4.78, 5) is 28.8. The van der Waals surface area contributed by atoms with Gasteiger partial charge in [0.05, 0.1) is 18.6 Å². The number of ether oxygens (including phenoxy) is 2. The number of pyridine rings is 1. The van der Waals surface area contributed by atoms with Crippen LogP contribution in [0.25, 0.3) is 0 Å². The topological polar surface area (TPSA) is 150 Å². The zero-order valence-electron chi connectivity index (χ0n) is 13.9. The molecule has 1 aromatic heterocycles. The highest BCUT2D eigenvalue weighted by Gasteiger charge is 2.50. The third-order valence-electron chi connectivity index (χ3n) is 4.69.